The van der Waals surface area contributed by atoms with Crippen LogP contribution in [-0.4, -0.2) is 24.6 Å². The van der Waals surface area contributed by atoms with Gasteiger partial charge in [-0.1, -0.05) is 18.7 Å². The fourth-order valence-electron chi connectivity index (χ4n) is 1.50. The highest BCUT2D eigenvalue weighted by Gasteiger charge is 2.15. The molecule has 1 atom stereocenters. The number of hydrogen-bond donors (Lipinski definition) is 0. The number of esters is 2. The van der Waals surface area contributed by atoms with Gasteiger partial charge in [0.25, 0.3) is 0 Å². The van der Waals surface area contributed by atoms with Crippen LogP contribution in [0.15, 0.2) is 36.5 Å². The van der Waals surface area contributed by atoms with Gasteiger partial charge < -0.3 is 9.47 Å². The van der Waals surface area contributed by atoms with Gasteiger partial charge in [0.1, 0.15) is 12.7 Å². The molecular weight excluding hydrogens is 220 g/mol. The minimum Gasteiger partial charge on any atom is -0.458 e. The van der Waals surface area contributed by atoms with E-state index in [1.165, 1.54) is 13.0 Å². The average Bonchev–Trinajstić information content (AvgIpc) is 2.68. The SMILES string of the molecule is C=C/C=C/[C@H](CCC1=CC(=O)OC1)OC(C)=O. The molecule has 0 aromatic heterocycles. The Morgan fingerprint density at radius 1 is 1.71 bits per heavy atom. The Kier molecular flexibility index (Phi) is 5.20. The third kappa shape index (κ3) is 5.15. The lowest BCUT2D eigenvalue weighted by molar-refractivity contribution is -0.144. The molecule has 17 heavy (non-hydrogen) atoms. The molecular formula is C13H16O4. The maximum atomic E-state index is 10.9. The molecule has 0 bridgehead atoms. The molecule has 0 saturated carbocycles. The second-order valence-electron chi connectivity index (χ2n) is 3.72. The van der Waals surface area contributed by atoms with Gasteiger partial charge >= 0.3 is 11.9 Å². The van der Waals surface area contributed by atoms with Crippen molar-refractivity contribution in [3.63, 3.8) is 0 Å². The Morgan fingerprint density at radius 3 is 3.00 bits per heavy atom. The highest BCUT2D eigenvalue weighted by molar-refractivity contribution is 5.85. The van der Waals surface area contributed by atoms with E-state index in [2.05, 4.69) is 6.58 Å². The fraction of sp³-hybridized carbons (Fsp3) is 0.385. The number of allylic oxidation sites excluding steroid dienone is 2. The first kappa shape index (κ1) is 13.2. The second-order valence-corrected chi connectivity index (χ2v) is 3.72. The van der Waals surface area contributed by atoms with Crippen molar-refractivity contribution < 1.29 is 19.1 Å². The minimum absolute atomic E-state index is 0.290. The van der Waals surface area contributed by atoms with E-state index in [0.29, 0.717) is 19.4 Å². The summed E-state index contributed by atoms with van der Waals surface area (Å²) in [5.41, 5.74) is 0.930. The number of carbonyl (C=O) groups is 2. The summed E-state index contributed by atoms with van der Waals surface area (Å²) in [5, 5.41) is 0. The lowest BCUT2D eigenvalue weighted by Crippen LogP contribution is -2.14. The number of cyclic esters (lactones) is 1. The van der Waals surface area contributed by atoms with Crippen molar-refractivity contribution in [1.29, 1.82) is 0 Å². The zero-order chi connectivity index (χ0) is 12.7. The number of ether oxygens (including phenoxy) is 2. The third-order valence-electron chi connectivity index (χ3n) is 2.25. The average molecular weight is 236 g/mol. The summed E-state index contributed by atoms with van der Waals surface area (Å²) in [6.07, 6.45) is 7.63. The molecule has 0 fully saturated rings. The van der Waals surface area contributed by atoms with Crippen LogP contribution >= 0.6 is 0 Å². The predicted octanol–water partition coefficient (Wildman–Crippen LogP) is 1.92. The Balaban J connectivity index is 2.45. The van der Waals surface area contributed by atoms with Crippen molar-refractivity contribution in [2.45, 2.75) is 25.9 Å². The van der Waals surface area contributed by atoms with E-state index in [1.54, 1.807) is 18.2 Å². The van der Waals surface area contributed by atoms with Gasteiger partial charge in [-0.15, -0.1) is 0 Å². The normalized spacial score (nSPS) is 16.5. The Labute approximate surface area is 101 Å². The molecule has 1 aliphatic heterocycles. The lowest BCUT2D eigenvalue weighted by Gasteiger charge is -2.12. The van der Waals surface area contributed by atoms with Gasteiger partial charge in [0.2, 0.25) is 0 Å². The molecule has 1 aliphatic rings. The smallest absolute Gasteiger partial charge is 0.331 e. The molecule has 0 saturated heterocycles. The van der Waals surface area contributed by atoms with Gasteiger partial charge in [-0.05, 0) is 24.5 Å². The fourth-order valence-corrected chi connectivity index (χ4v) is 1.50. The highest BCUT2D eigenvalue weighted by atomic mass is 16.5. The van der Waals surface area contributed by atoms with Gasteiger partial charge in [-0.3, -0.25) is 4.79 Å². The molecule has 0 aromatic rings. The summed E-state index contributed by atoms with van der Waals surface area (Å²) in [6, 6.07) is 0. The Hall–Kier alpha value is -1.84. The second kappa shape index (κ2) is 6.68. The molecule has 4 heteroatoms. The quantitative estimate of drug-likeness (QED) is 0.522. The topological polar surface area (TPSA) is 52.6 Å². The molecule has 1 rings (SSSR count). The van der Waals surface area contributed by atoms with Crippen molar-refractivity contribution in [2.75, 3.05) is 6.61 Å². The first-order chi connectivity index (χ1) is 8.11. The Morgan fingerprint density at radius 2 is 2.47 bits per heavy atom. The van der Waals surface area contributed by atoms with Crippen LogP contribution in [0.5, 0.6) is 0 Å². The number of carbonyl (C=O) groups excluding carboxylic acids is 2. The monoisotopic (exact) mass is 236 g/mol. The van der Waals surface area contributed by atoms with Crippen LogP contribution in [0.3, 0.4) is 0 Å². The number of rotatable bonds is 6. The standard InChI is InChI=1S/C13H16O4/c1-3-4-5-12(17-10(2)14)7-6-11-8-13(15)16-9-11/h3-5,8,12H,1,6-7,9H2,2H3/b5-4+/t12-/m1/s1. The van der Waals surface area contributed by atoms with Crippen molar-refractivity contribution in [3.8, 4) is 0 Å². The molecule has 4 nitrogen and oxygen atoms in total. The van der Waals surface area contributed by atoms with Gasteiger partial charge in [0, 0.05) is 13.0 Å². The summed E-state index contributed by atoms with van der Waals surface area (Å²) < 4.78 is 9.90. The molecule has 0 aromatic carbocycles. The zero-order valence-electron chi connectivity index (χ0n) is 9.85. The van der Waals surface area contributed by atoms with E-state index in [9.17, 15) is 9.59 Å². The Bertz CT molecular complexity index is 366. The van der Waals surface area contributed by atoms with Gasteiger partial charge in [0.05, 0.1) is 0 Å². The van der Waals surface area contributed by atoms with Crippen LogP contribution < -0.4 is 0 Å². The molecule has 0 aliphatic carbocycles. The van der Waals surface area contributed by atoms with Crippen molar-refractivity contribution in [2.24, 2.45) is 0 Å². The highest BCUT2D eigenvalue weighted by Crippen LogP contribution is 2.15. The van der Waals surface area contributed by atoms with Gasteiger partial charge in [0.15, 0.2) is 0 Å². The molecule has 0 N–H and O–H groups in total. The van der Waals surface area contributed by atoms with Crippen LogP contribution in [0, 0.1) is 0 Å². The molecule has 92 valence electrons. The molecule has 0 unspecified atom stereocenters. The summed E-state index contributed by atoms with van der Waals surface area (Å²) in [7, 11) is 0. The van der Waals surface area contributed by atoms with Crippen LogP contribution in [0.25, 0.3) is 0 Å². The van der Waals surface area contributed by atoms with Crippen molar-refractivity contribution in [1.82, 2.24) is 0 Å². The predicted molar refractivity (Wildman–Crippen MR) is 63.2 cm³/mol. The maximum Gasteiger partial charge on any atom is 0.331 e. The van der Waals surface area contributed by atoms with E-state index in [1.807, 2.05) is 0 Å². The largest absolute Gasteiger partial charge is 0.458 e. The summed E-state index contributed by atoms with van der Waals surface area (Å²) in [4.78, 5) is 21.7. The first-order valence-corrected chi connectivity index (χ1v) is 5.44. The van der Waals surface area contributed by atoms with Crippen LogP contribution in [0.1, 0.15) is 19.8 Å². The van der Waals surface area contributed by atoms with E-state index in [-0.39, 0.29) is 18.0 Å². The van der Waals surface area contributed by atoms with Gasteiger partial charge in [-0.2, -0.15) is 0 Å². The summed E-state index contributed by atoms with van der Waals surface area (Å²) in [6.45, 7) is 5.27. The number of hydrogen-bond acceptors (Lipinski definition) is 4. The van der Waals surface area contributed by atoms with E-state index in [0.717, 1.165) is 5.57 Å². The van der Waals surface area contributed by atoms with Crippen molar-refractivity contribution >= 4 is 11.9 Å². The maximum absolute atomic E-state index is 10.9. The molecule has 1 heterocycles. The van der Waals surface area contributed by atoms with Crippen molar-refractivity contribution in [3.05, 3.63) is 36.5 Å². The van der Waals surface area contributed by atoms with Crippen LogP contribution in [0.2, 0.25) is 0 Å². The minimum atomic E-state index is -0.323. The lowest BCUT2D eigenvalue weighted by atomic mass is 10.1. The zero-order valence-corrected chi connectivity index (χ0v) is 9.85. The summed E-state index contributed by atoms with van der Waals surface area (Å²) in [5.74, 6) is -0.623. The molecule has 0 spiro atoms. The molecule has 0 radical (unpaired) electrons. The summed E-state index contributed by atoms with van der Waals surface area (Å²) >= 11 is 0. The van der Waals surface area contributed by atoms with Gasteiger partial charge in [-0.25, -0.2) is 4.79 Å². The van der Waals surface area contributed by atoms with E-state index in [4.69, 9.17) is 9.47 Å². The molecule has 0 amide bonds. The van der Waals surface area contributed by atoms with E-state index < -0.39 is 0 Å². The van der Waals surface area contributed by atoms with Crippen LogP contribution in [-0.2, 0) is 19.1 Å². The van der Waals surface area contributed by atoms with Crippen LogP contribution in [0.4, 0.5) is 0 Å². The van der Waals surface area contributed by atoms with E-state index >= 15 is 0 Å². The third-order valence-corrected chi connectivity index (χ3v) is 2.25. The first-order valence-electron chi connectivity index (χ1n) is 5.44.